The molecule has 1 atom stereocenters. The van der Waals surface area contributed by atoms with E-state index in [0.717, 1.165) is 12.0 Å². The van der Waals surface area contributed by atoms with E-state index in [-0.39, 0.29) is 5.91 Å². The van der Waals surface area contributed by atoms with E-state index < -0.39 is 5.54 Å². The molecule has 0 aliphatic heterocycles. The Kier molecular flexibility index (Phi) is 7.31. The van der Waals surface area contributed by atoms with Crippen LogP contribution in [0.3, 0.4) is 0 Å². The molecule has 20 heavy (non-hydrogen) atoms. The van der Waals surface area contributed by atoms with Crippen LogP contribution >= 0.6 is 0 Å². The number of rotatable bonds is 9. The number of nitrogens with two attached hydrogens (primary N) is 1. The number of carbonyl (C=O) groups excluding carboxylic acids is 1. The Hall–Kier alpha value is -1.35. The molecule has 3 N–H and O–H groups in total. The predicted molar refractivity (Wildman–Crippen MR) is 84.4 cm³/mol. The molecule has 0 aliphatic rings. The van der Waals surface area contributed by atoms with Gasteiger partial charge in [0, 0.05) is 6.54 Å². The lowest BCUT2D eigenvalue weighted by molar-refractivity contribution is -0.126. The van der Waals surface area contributed by atoms with E-state index in [2.05, 4.69) is 12.2 Å². The molecule has 0 aliphatic carbocycles. The first-order valence-electron chi connectivity index (χ1n) is 7.71. The van der Waals surface area contributed by atoms with Gasteiger partial charge in [-0.2, -0.15) is 0 Å². The first kappa shape index (κ1) is 16.7. The average molecular weight is 276 g/mol. The molecule has 0 spiro atoms. The lowest BCUT2D eigenvalue weighted by Crippen LogP contribution is -2.49. The van der Waals surface area contributed by atoms with Crippen LogP contribution in [0.4, 0.5) is 0 Å². The number of unbranched alkanes of at least 4 members (excludes halogenated alkanes) is 5. The van der Waals surface area contributed by atoms with Crippen molar-refractivity contribution in [2.24, 2.45) is 5.73 Å². The largest absolute Gasteiger partial charge is 0.354 e. The quantitative estimate of drug-likeness (QED) is 0.680. The molecule has 1 aromatic carbocycles. The molecule has 1 aromatic rings. The van der Waals surface area contributed by atoms with Crippen molar-refractivity contribution in [3.8, 4) is 0 Å². The van der Waals surface area contributed by atoms with Crippen molar-refractivity contribution in [2.45, 2.75) is 57.9 Å². The van der Waals surface area contributed by atoms with Crippen LogP contribution in [0.5, 0.6) is 0 Å². The lowest BCUT2D eigenvalue weighted by Gasteiger charge is -2.24. The van der Waals surface area contributed by atoms with Gasteiger partial charge in [-0.1, -0.05) is 69.4 Å². The second-order valence-electron chi connectivity index (χ2n) is 5.59. The Morgan fingerprint density at radius 1 is 1.10 bits per heavy atom. The maximum absolute atomic E-state index is 12.2. The Morgan fingerprint density at radius 3 is 2.35 bits per heavy atom. The van der Waals surface area contributed by atoms with E-state index in [1.54, 1.807) is 6.92 Å². The molecule has 1 rings (SSSR count). The summed E-state index contributed by atoms with van der Waals surface area (Å²) in [6.45, 7) is 4.69. The van der Waals surface area contributed by atoms with E-state index >= 15 is 0 Å². The minimum absolute atomic E-state index is 0.0998. The van der Waals surface area contributed by atoms with Crippen LogP contribution in [0, 0.1) is 0 Å². The van der Waals surface area contributed by atoms with Crippen molar-refractivity contribution >= 4 is 5.91 Å². The van der Waals surface area contributed by atoms with Gasteiger partial charge in [0.1, 0.15) is 5.54 Å². The summed E-state index contributed by atoms with van der Waals surface area (Å²) in [4.78, 5) is 12.2. The van der Waals surface area contributed by atoms with Gasteiger partial charge < -0.3 is 11.1 Å². The highest BCUT2D eigenvalue weighted by atomic mass is 16.2. The van der Waals surface area contributed by atoms with Crippen LogP contribution in [0.1, 0.15) is 57.9 Å². The Balaban J connectivity index is 2.28. The molecule has 0 bridgehead atoms. The van der Waals surface area contributed by atoms with Crippen LogP contribution in [-0.4, -0.2) is 12.5 Å². The van der Waals surface area contributed by atoms with E-state index in [1.165, 1.54) is 32.1 Å². The molecule has 0 saturated carbocycles. The monoisotopic (exact) mass is 276 g/mol. The number of amides is 1. The zero-order chi connectivity index (χ0) is 14.8. The molecular formula is C17H28N2O. The highest BCUT2D eigenvalue weighted by molar-refractivity contribution is 5.86. The van der Waals surface area contributed by atoms with Gasteiger partial charge in [0.15, 0.2) is 0 Å². The first-order chi connectivity index (χ1) is 9.59. The average Bonchev–Trinajstić information content (AvgIpc) is 2.47. The summed E-state index contributed by atoms with van der Waals surface area (Å²) >= 11 is 0. The van der Waals surface area contributed by atoms with Gasteiger partial charge in [0.05, 0.1) is 0 Å². The highest BCUT2D eigenvalue weighted by Gasteiger charge is 2.29. The van der Waals surface area contributed by atoms with Crippen LogP contribution in [0.25, 0.3) is 0 Å². The minimum atomic E-state index is -0.955. The molecule has 1 amide bonds. The summed E-state index contributed by atoms with van der Waals surface area (Å²) in [7, 11) is 0. The Labute approximate surface area is 122 Å². The van der Waals surface area contributed by atoms with Crippen LogP contribution in [0.2, 0.25) is 0 Å². The summed E-state index contributed by atoms with van der Waals surface area (Å²) in [6, 6.07) is 9.52. The van der Waals surface area contributed by atoms with Gasteiger partial charge in [0.2, 0.25) is 5.91 Å². The molecule has 112 valence electrons. The second kappa shape index (κ2) is 8.75. The van der Waals surface area contributed by atoms with Crippen LogP contribution in [-0.2, 0) is 10.3 Å². The van der Waals surface area contributed by atoms with Crippen molar-refractivity contribution in [1.82, 2.24) is 5.32 Å². The number of benzene rings is 1. The molecule has 0 aromatic heterocycles. The van der Waals surface area contributed by atoms with E-state index in [9.17, 15) is 4.79 Å². The van der Waals surface area contributed by atoms with Gasteiger partial charge >= 0.3 is 0 Å². The maximum Gasteiger partial charge on any atom is 0.244 e. The predicted octanol–water partition coefficient (Wildman–Crippen LogP) is 3.34. The van der Waals surface area contributed by atoms with Gasteiger partial charge in [-0.05, 0) is 18.9 Å². The van der Waals surface area contributed by atoms with Crippen molar-refractivity contribution in [3.63, 3.8) is 0 Å². The standard InChI is InChI=1S/C17H28N2O/c1-3-4-5-6-7-11-14-19-16(20)17(2,18)15-12-9-8-10-13-15/h8-10,12-13H,3-7,11,14,18H2,1-2H3,(H,19,20). The van der Waals surface area contributed by atoms with Gasteiger partial charge in [-0.25, -0.2) is 0 Å². The Morgan fingerprint density at radius 2 is 1.70 bits per heavy atom. The second-order valence-corrected chi connectivity index (χ2v) is 5.59. The number of hydrogen-bond donors (Lipinski definition) is 2. The molecule has 0 saturated heterocycles. The van der Waals surface area contributed by atoms with Crippen molar-refractivity contribution < 1.29 is 4.79 Å². The first-order valence-corrected chi connectivity index (χ1v) is 7.71. The third-order valence-corrected chi connectivity index (χ3v) is 3.66. The topological polar surface area (TPSA) is 55.1 Å². The van der Waals surface area contributed by atoms with E-state index in [0.29, 0.717) is 6.54 Å². The fourth-order valence-electron chi connectivity index (χ4n) is 2.21. The molecular weight excluding hydrogens is 248 g/mol. The molecule has 3 nitrogen and oxygen atoms in total. The van der Waals surface area contributed by atoms with Gasteiger partial charge in [0.25, 0.3) is 0 Å². The molecule has 0 heterocycles. The summed E-state index contributed by atoms with van der Waals surface area (Å²) in [5, 5.41) is 2.95. The zero-order valence-corrected chi connectivity index (χ0v) is 12.8. The molecule has 1 unspecified atom stereocenters. The summed E-state index contributed by atoms with van der Waals surface area (Å²) in [5.74, 6) is -0.0998. The fraction of sp³-hybridized carbons (Fsp3) is 0.588. The van der Waals surface area contributed by atoms with E-state index in [1.807, 2.05) is 30.3 Å². The minimum Gasteiger partial charge on any atom is -0.354 e. The third kappa shape index (κ3) is 5.33. The van der Waals surface area contributed by atoms with Gasteiger partial charge in [-0.3, -0.25) is 4.79 Å². The summed E-state index contributed by atoms with van der Waals surface area (Å²) in [5.41, 5.74) is 6.04. The van der Waals surface area contributed by atoms with E-state index in [4.69, 9.17) is 5.73 Å². The van der Waals surface area contributed by atoms with Crippen LogP contribution in [0.15, 0.2) is 30.3 Å². The lowest BCUT2D eigenvalue weighted by atomic mass is 9.92. The summed E-state index contributed by atoms with van der Waals surface area (Å²) in [6.07, 6.45) is 7.32. The maximum atomic E-state index is 12.2. The van der Waals surface area contributed by atoms with Crippen molar-refractivity contribution in [1.29, 1.82) is 0 Å². The SMILES string of the molecule is CCCCCCCCNC(=O)C(C)(N)c1ccccc1. The third-order valence-electron chi connectivity index (χ3n) is 3.66. The highest BCUT2D eigenvalue weighted by Crippen LogP contribution is 2.17. The molecule has 3 heteroatoms. The normalized spacial score (nSPS) is 13.8. The van der Waals surface area contributed by atoms with Crippen molar-refractivity contribution in [3.05, 3.63) is 35.9 Å². The zero-order valence-electron chi connectivity index (χ0n) is 12.8. The van der Waals surface area contributed by atoms with Gasteiger partial charge in [-0.15, -0.1) is 0 Å². The smallest absolute Gasteiger partial charge is 0.244 e. The molecule has 0 fully saturated rings. The summed E-state index contributed by atoms with van der Waals surface area (Å²) < 4.78 is 0. The number of hydrogen-bond acceptors (Lipinski definition) is 2. The fourth-order valence-corrected chi connectivity index (χ4v) is 2.21. The molecule has 0 radical (unpaired) electrons. The Bertz CT molecular complexity index is 387. The van der Waals surface area contributed by atoms with Crippen LogP contribution < -0.4 is 11.1 Å². The number of nitrogens with one attached hydrogen (secondary N) is 1. The number of carbonyl (C=O) groups is 1. The van der Waals surface area contributed by atoms with Crippen molar-refractivity contribution in [2.75, 3.05) is 6.54 Å².